The maximum Gasteiger partial charge on any atom is 0.0642 e. The lowest BCUT2D eigenvalue weighted by atomic mass is 10.1. The smallest absolute Gasteiger partial charge is 0.0642 e. The minimum atomic E-state index is 0.817. The molecule has 2 aliphatic rings. The molecule has 0 aliphatic carbocycles. The number of anilines is 2. The van der Waals surface area contributed by atoms with Gasteiger partial charge in [0, 0.05) is 63.7 Å². The highest BCUT2D eigenvalue weighted by Crippen LogP contribution is 2.24. The molecule has 2 aromatic carbocycles. The first-order chi connectivity index (χ1) is 16.7. The summed E-state index contributed by atoms with van der Waals surface area (Å²) in [6.45, 7) is 10.9. The van der Waals surface area contributed by atoms with Gasteiger partial charge in [0.05, 0.1) is 26.4 Å². The second-order valence-electron chi connectivity index (χ2n) is 9.32. The summed E-state index contributed by atoms with van der Waals surface area (Å²) in [4.78, 5) is 9.66. The highest BCUT2D eigenvalue weighted by molar-refractivity contribution is 5.54. The second kappa shape index (κ2) is 12.9. The molecule has 0 amide bonds. The number of likely N-dealkylation sites (N-methyl/N-ethyl adjacent to an activating group) is 2. The van der Waals surface area contributed by atoms with Crippen LogP contribution in [-0.2, 0) is 22.6 Å². The number of benzene rings is 2. The Balaban J connectivity index is 1.25. The van der Waals surface area contributed by atoms with Crippen LogP contribution in [0.4, 0.5) is 11.4 Å². The number of rotatable bonds is 10. The van der Waals surface area contributed by atoms with Crippen LogP contribution in [0.1, 0.15) is 11.1 Å². The molecular weight excluding hydrogens is 424 g/mol. The van der Waals surface area contributed by atoms with Crippen molar-refractivity contribution in [2.45, 2.75) is 13.1 Å². The molecule has 0 atom stereocenters. The van der Waals surface area contributed by atoms with E-state index in [0.717, 1.165) is 78.8 Å². The first kappa shape index (κ1) is 24.7. The third kappa shape index (κ3) is 7.06. The Hall–Kier alpha value is -2.38. The zero-order chi connectivity index (χ0) is 23.6. The molecule has 2 heterocycles. The van der Waals surface area contributed by atoms with Crippen molar-refractivity contribution < 1.29 is 9.47 Å². The van der Waals surface area contributed by atoms with Crippen LogP contribution in [0.25, 0.3) is 0 Å². The molecule has 0 N–H and O–H groups in total. The van der Waals surface area contributed by atoms with Crippen molar-refractivity contribution in [2.24, 2.45) is 0 Å². The molecule has 0 aromatic heterocycles. The second-order valence-corrected chi connectivity index (χ2v) is 9.32. The van der Waals surface area contributed by atoms with E-state index in [-0.39, 0.29) is 0 Å². The molecule has 4 rings (SSSR count). The van der Waals surface area contributed by atoms with E-state index in [2.05, 4.69) is 94.4 Å². The largest absolute Gasteiger partial charge is 0.378 e. The SMILES string of the molecule is CN(C/C=C/CN(C)Cc1ccccc1N1CCOCC1)Cc1ccccc1N1CCOCC1. The molecule has 0 bridgehead atoms. The van der Waals surface area contributed by atoms with E-state index < -0.39 is 0 Å². The van der Waals surface area contributed by atoms with Gasteiger partial charge in [-0.05, 0) is 37.4 Å². The van der Waals surface area contributed by atoms with Crippen LogP contribution in [-0.4, -0.2) is 89.6 Å². The zero-order valence-electron chi connectivity index (χ0n) is 20.9. The van der Waals surface area contributed by atoms with Crippen LogP contribution >= 0.6 is 0 Å². The average molecular weight is 465 g/mol. The monoisotopic (exact) mass is 464 g/mol. The highest BCUT2D eigenvalue weighted by Gasteiger charge is 2.16. The van der Waals surface area contributed by atoms with Gasteiger partial charge in [-0.2, -0.15) is 0 Å². The number of ether oxygens (including phenoxy) is 2. The summed E-state index contributed by atoms with van der Waals surface area (Å²) in [5.41, 5.74) is 5.47. The van der Waals surface area contributed by atoms with Crippen LogP contribution in [0.15, 0.2) is 60.7 Å². The Bertz CT molecular complexity index is 833. The summed E-state index contributed by atoms with van der Waals surface area (Å²) in [5, 5.41) is 0. The molecule has 2 saturated heterocycles. The lowest BCUT2D eigenvalue weighted by Gasteiger charge is -2.31. The molecule has 6 nitrogen and oxygen atoms in total. The minimum Gasteiger partial charge on any atom is -0.378 e. The fourth-order valence-corrected chi connectivity index (χ4v) is 4.73. The lowest BCUT2D eigenvalue weighted by Crippen LogP contribution is -2.37. The van der Waals surface area contributed by atoms with Gasteiger partial charge >= 0.3 is 0 Å². The molecular formula is C28H40N4O2. The molecule has 2 aliphatic heterocycles. The molecule has 6 heteroatoms. The van der Waals surface area contributed by atoms with Crippen LogP contribution in [0.5, 0.6) is 0 Å². The number of para-hydroxylation sites is 2. The molecule has 0 spiro atoms. The summed E-state index contributed by atoms with van der Waals surface area (Å²) in [7, 11) is 4.39. The van der Waals surface area contributed by atoms with E-state index in [9.17, 15) is 0 Å². The molecule has 34 heavy (non-hydrogen) atoms. The third-order valence-corrected chi connectivity index (χ3v) is 6.57. The quantitative estimate of drug-likeness (QED) is 0.501. The van der Waals surface area contributed by atoms with Crippen molar-refractivity contribution in [1.29, 1.82) is 0 Å². The van der Waals surface area contributed by atoms with Gasteiger partial charge in [0.2, 0.25) is 0 Å². The lowest BCUT2D eigenvalue weighted by molar-refractivity contribution is 0.122. The Kier molecular flexibility index (Phi) is 9.39. The van der Waals surface area contributed by atoms with Crippen LogP contribution in [0.3, 0.4) is 0 Å². The standard InChI is InChI=1S/C28H40N4O2/c1-29(23-25-9-3-5-11-27(25)31-15-19-33-20-16-31)13-7-8-14-30(2)24-26-10-4-6-12-28(26)32-17-21-34-22-18-32/h3-12H,13-24H2,1-2H3/b8-7+. The summed E-state index contributed by atoms with van der Waals surface area (Å²) in [6.07, 6.45) is 4.59. The maximum absolute atomic E-state index is 5.53. The third-order valence-electron chi connectivity index (χ3n) is 6.57. The van der Waals surface area contributed by atoms with Gasteiger partial charge < -0.3 is 19.3 Å². The Morgan fingerprint density at radius 2 is 1.03 bits per heavy atom. The van der Waals surface area contributed by atoms with Gasteiger partial charge in [0.1, 0.15) is 0 Å². The van der Waals surface area contributed by atoms with Crippen molar-refractivity contribution in [3.8, 4) is 0 Å². The number of hydrogen-bond acceptors (Lipinski definition) is 6. The number of hydrogen-bond donors (Lipinski definition) is 0. The van der Waals surface area contributed by atoms with E-state index in [0.29, 0.717) is 0 Å². The van der Waals surface area contributed by atoms with Crippen LogP contribution < -0.4 is 9.80 Å². The topological polar surface area (TPSA) is 31.4 Å². The van der Waals surface area contributed by atoms with Crippen LogP contribution in [0.2, 0.25) is 0 Å². The minimum absolute atomic E-state index is 0.817. The van der Waals surface area contributed by atoms with E-state index in [4.69, 9.17) is 9.47 Å². The van der Waals surface area contributed by atoms with Gasteiger partial charge in [-0.15, -0.1) is 0 Å². The van der Waals surface area contributed by atoms with E-state index in [1.807, 2.05) is 0 Å². The van der Waals surface area contributed by atoms with Crippen LogP contribution in [0, 0.1) is 0 Å². The molecule has 0 saturated carbocycles. The fourth-order valence-electron chi connectivity index (χ4n) is 4.73. The highest BCUT2D eigenvalue weighted by atomic mass is 16.5. The fraction of sp³-hybridized carbons (Fsp3) is 0.500. The van der Waals surface area contributed by atoms with Gasteiger partial charge in [-0.25, -0.2) is 0 Å². The molecule has 184 valence electrons. The summed E-state index contributed by atoms with van der Waals surface area (Å²) in [6, 6.07) is 17.6. The number of morpholine rings is 2. The van der Waals surface area contributed by atoms with Crippen molar-refractivity contribution in [1.82, 2.24) is 9.80 Å². The summed E-state index contributed by atoms with van der Waals surface area (Å²) < 4.78 is 11.1. The molecule has 0 unspecified atom stereocenters. The maximum atomic E-state index is 5.53. The first-order valence-electron chi connectivity index (χ1n) is 12.5. The summed E-state index contributed by atoms with van der Waals surface area (Å²) >= 11 is 0. The van der Waals surface area contributed by atoms with Crippen molar-refractivity contribution in [3.05, 3.63) is 71.8 Å². The van der Waals surface area contributed by atoms with E-state index in [1.54, 1.807) is 0 Å². The molecule has 2 aromatic rings. The first-order valence-corrected chi connectivity index (χ1v) is 12.5. The Morgan fingerprint density at radius 3 is 1.44 bits per heavy atom. The van der Waals surface area contributed by atoms with Crippen molar-refractivity contribution in [3.63, 3.8) is 0 Å². The van der Waals surface area contributed by atoms with Gasteiger partial charge in [0.25, 0.3) is 0 Å². The molecule has 2 fully saturated rings. The Morgan fingerprint density at radius 1 is 0.647 bits per heavy atom. The Labute approximate surface area is 205 Å². The predicted octanol–water partition coefficient (Wildman–Crippen LogP) is 3.48. The normalized spacial score (nSPS) is 17.3. The number of nitrogens with zero attached hydrogens (tertiary/aromatic N) is 4. The van der Waals surface area contributed by atoms with Crippen molar-refractivity contribution >= 4 is 11.4 Å². The van der Waals surface area contributed by atoms with Gasteiger partial charge in [-0.3, -0.25) is 9.80 Å². The predicted molar refractivity (Wildman–Crippen MR) is 141 cm³/mol. The van der Waals surface area contributed by atoms with Gasteiger partial charge in [0.15, 0.2) is 0 Å². The summed E-state index contributed by atoms with van der Waals surface area (Å²) in [5.74, 6) is 0. The average Bonchev–Trinajstić information content (AvgIpc) is 2.88. The van der Waals surface area contributed by atoms with E-state index in [1.165, 1.54) is 22.5 Å². The van der Waals surface area contributed by atoms with E-state index >= 15 is 0 Å². The molecule has 0 radical (unpaired) electrons. The zero-order valence-corrected chi connectivity index (χ0v) is 20.9. The van der Waals surface area contributed by atoms with Gasteiger partial charge in [-0.1, -0.05) is 48.6 Å². The van der Waals surface area contributed by atoms with Crippen molar-refractivity contribution in [2.75, 3.05) is 89.6 Å².